The van der Waals surface area contributed by atoms with E-state index >= 15 is 0 Å². The highest BCUT2D eigenvalue weighted by atomic mass is 32.2. The van der Waals surface area contributed by atoms with Crippen LogP contribution in [-0.4, -0.2) is 28.7 Å². The Kier molecular flexibility index (Phi) is 5.76. The second-order valence-electron chi connectivity index (χ2n) is 5.53. The zero-order valence-electron chi connectivity index (χ0n) is 14.0. The van der Waals surface area contributed by atoms with Crippen LogP contribution in [0.25, 0.3) is 6.08 Å². The lowest BCUT2D eigenvalue weighted by Crippen LogP contribution is -2.17. The van der Waals surface area contributed by atoms with Gasteiger partial charge in [0.1, 0.15) is 0 Å². The van der Waals surface area contributed by atoms with Crippen molar-refractivity contribution < 1.29 is 8.42 Å². The summed E-state index contributed by atoms with van der Waals surface area (Å²) in [5.74, 6) is 0. The Morgan fingerprint density at radius 1 is 1.00 bits per heavy atom. The molecule has 0 aromatic heterocycles. The number of nitrogens with zero attached hydrogens (tertiary/aromatic N) is 2. The van der Waals surface area contributed by atoms with Crippen LogP contribution in [0.1, 0.15) is 11.1 Å². The van der Waals surface area contributed by atoms with E-state index in [9.17, 15) is 8.42 Å². The average molecular weight is 343 g/mol. The SMILES string of the molecule is Cc1ccc(S(=O)(=O)N/N=C\C=C\c2ccc(N(C)C)cc2)cc1. The van der Waals surface area contributed by atoms with Crippen LogP contribution in [0.2, 0.25) is 0 Å². The number of hydrogen-bond donors (Lipinski definition) is 1. The molecule has 2 rings (SSSR count). The highest BCUT2D eigenvalue weighted by Gasteiger charge is 2.11. The molecule has 0 aliphatic rings. The Balaban J connectivity index is 1.95. The van der Waals surface area contributed by atoms with Crippen molar-refractivity contribution in [3.63, 3.8) is 0 Å². The summed E-state index contributed by atoms with van der Waals surface area (Å²) in [7, 11) is 0.343. The number of benzene rings is 2. The minimum atomic E-state index is -3.62. The van der Waals surface area contributed by atoms with E-state index in [0.717, 1.165) is 16.8 Å². The molecular weight excluding hydrogens is 322 g/mol. The first-order chi connectivity index (χ1) is 11.4. The van der Waals surface area contributed by atoms with Gasteiger partial charge in [-0.2, -0.15) is 13.5 Å². The first-order valence-corrected chi connectivity index (χ1v) is 8.92. The minimum Gasteiger partial charge on any atom is -0.378 e. The highest BCUT2D eigenvalue weighted by Crippen LogP contribution is 2.13. The zero-order chi connectivity index (χ0) is 17.6. The summed E-state index contributed by atoms with van der Waals surface area (Å²) in [5.41, 5.74) is 3.13. The van der Waals surface area contributed by atoms with Crippen molar-refractivity contribution in [3.8, 4) is 0 Å². The van der Waals surface area contributed by atoms with Crippen molar-refractivity contribution in [2.75, 3.05) is 19.0 Å². The van der Waals surface area contributed by atoms with Gasteiger partial charge < -0.3 is 4.90 Å². The number of nitrogens with one attached hydrogen (secondary N) is 1. The number of hydrogen-bond acceptors (Lipinski definition) is 4. The predicted molar refractivity (Wildman–Crippen MR) is 99.8 cm³/mol. The minimum absolute atomic E-state index is 0.188. The molecule has 0 saturated heterocycles. The molecule has 2 aromatic rings. The molecule has 0 heterocycles. The molecule has 0 unspecified atom stereocenters. The molecular formula is C18H21N3O2S. The number of sulfonamides is 1. The number of anilines is 1. The fourth-order valence-corrected chi connectivity index (χ4v) is 2.75. The molecule has 0 bridgehead atoms. The third kappa shape index (κ3) is 4.96. The van der Waals surface area contributed by atoms with Crippen molar-refractivity contribution in [3.05, 3.63) is 65.7 Å². The Morgan fingerprint density at radius 3 is 2.21 bits per heavy atom. The van der Waals surface area contributed by atoms with Gasteiger partial charge in [-0.25, -0.2) is 4.83 Å². The molecule has 0 fully saturated rings. The summed E-state index contributed by atoms with van der Waals surface area (Å²) in [5, 5.41) is 3.74. The van der Waals surface area contributed by atoms with Gasteiger partial charge in [0.2, 0.25) is 0 Å². The Bertz CT molecular complexity index is 822. The van der Waals surface area contributed by atoms with Crippen molar-refractivity contribution >= 4 is 28.0 Å². The normalized spacial score (nSPS) is 12.0. The van der Waals surface area contributed by atoms with Crippen LogP contribution in [0.5, 0.6) is 0 Å². The van der Waals surface area contributed by atoms with Gasteiger partial charge in [0.25, 0.3) is 10.0 Å². The summed E-state index contributed by atoms with van der Waals surface area (Å²) in [4.78, 5) is 4.40. The maximum atomic E-state index is 12.0. The van der Waals surface area contributed by atoms with Crippen LogP contribution in [0.15, 0.2) is 64.6 Å². The lowest BCUT2D eigenvalue weighted by Gasteiger charge is -2.11. The molecule has 0 amide bonds. The maximum Gasteiger partial charge on any atom is 0.276 e. The third-order valence-corrected chi connectivity index (χ3v) is 4.60. The van der Waals surface area contributed by atoms with Gasteiger partial charge >= 0.3 is 0 Å². The number of hydrazone groups is 1. The highest BCUT2D eigenvalue weighted by molar-refractivity contribution is 7.89. The fourth-order valence-electron chi connectivity index (χ4n) is 1.95. The molecule has 2 aromatic carbocycles. The molecule has 0 saturated carbocycles. The first kappa shape index (κ1) is 17.7. The van der Waals surface area contributed by atoms with E-state index in [2.05, 4.69) is 9.93 Å². The smallest absolute Gasteiger partial charge is 0.276 e. The summed E-state index contributed by atoms with van der Waals surface area (Å²) < 4.78 is 24.0. The number of rotatable bonds is 6. The van der Waals surface area contributed by atoms with Crippen molar-refractivity contribution in [1.29, 1.82) is 0 Å². The van der Waals surface area contributed by atoms with E-state index in [-0.39, 0.29) is 4.90 Å². The third-order valence-electron chi connectivity index (χ3n) is 3.36. The van der Waals surface area contributed by atoms with Crippen LogP contribution in [0, 0.1) is 6.92 Å². The summed E-state index contributed by atoms with van der Waals surface area (Å²) in [6.07, 6.45) is 4.94. The van der Waals surface area contributed by atoms with Crippen molar-refractivity contribution in [2.24, 2.45) is 5.10 Å². The van der Waals surface area contributed by atoms with Crippen LogP contribution in [0.3, 0.4) is 0 Å². The van der Waals surface area contributed by atoms with Gasteiger partial charge in [-0.1, -0.05) is 35.9 Å². The van der Waals surface area contributed by atoms with E-state index in [1.165, 1.54) is 6.21 Å². The van der Waals surface area contributed by atoms with E-state index in [4.69, 9.17) is 0 Å². The number of aryl methyl sites for hydroxylation is 1. The molecule has 6 heteroatoms. The molecule has 0 aliphatic carbocycles. The standard InChI is InChI=1S/C18H21N3O2S/c1-15-6-12-18(13-7-15)24(22,23)20-19-14-4-5-16-8-10-17(11-9-16)21(2)3/h4-14,20H,1-3H3/b5-4+,19-14-. The summed E-state index contributed by atoms with van der Waals surface area (Å²) in [6, 6.07) is 14.6. The molecule has 0 spiro atoms. The van der Waals surface area contributed by atoms with Gasteiger partial charge in [0.05, 0.1) is 4.90 Å². The fraction of sp³-hybridized carbons (Fsp3) is 0.167. The first-order valence-electron chi connectivity index (χ1n) is 7.44. The van der Waals surface area contributed by atoms with Crippen LogP contribution in [-0.2, 0) is 10.0 Å². The molecule has 1 N–H and O–H groups in total. The Morgan fingerprint density at radius 2 is 1.62 bits per heavy atom. The quantitative estimate of drug-likeness (QED) is 0.648. The molecule has 0 radical (unpaired) electrons. The molecule has 24 heavy (non-hydrogen) atoms. The lowest BCUT2D eigenvalue weighted by atomic mass is 10.2. The second kappa shape index (κ2) is 7.79. The second-order valence-corrected chi connectivity index (χ2v) is 7.19. The molecule has 0 aliphatic heterocycles. The summed E-state index contributed by atoms with van der Waals surface area (Å²) >= 11 is 0. The largest absolute Gasteiger partial charge is 0.378 e. The Labute approximate surface area is 143 Å². The van der Waals surface area contributed by atoms with Crippen molar-refractivity contribution in [2.45, 2.75) is 11.8 Å². The van der Waals surface area contributed by atoms with E-state index in [0.29, 0.717) is 0 Å². The maximum absolute atomic E-state index is 12.0. The molecule has 0 atom stereocenters. The topological polar surface area (TPSA) is 61.8 Å². The van der Waals surface area contributed by atoms with Crippen molar-refractivity contribution in [1.82, 2.24) is 4.83 Å². The van der Waals surface area contributed by atoms with Crippen LogP contribution >= 0.6 is 0 Å². The molecule has 5 nitrogen and oxygen atoms in total. The van der Waals surface area contributed by atoms with Gasteiger partial charge in [-0.15, -0.1) is 0 Å². The van der Waals surface area contributed by atoms with E-state index < -0.39 is 10.0 Å². The van der Waals surface area contributed by atoms with Gasteiger partial charge in [0, 0.05) is 26.0 Å². The van der Waals surface area contributed by atoms with Gasteiger partial charge in [-0.05, 0) is 42.8 Å². The van der Waals surface area contributed by atoms with Gasteiger partial charge in [0.15, 0.2) is 0 Å². The average Bonchev–Trinajstić information content (AvgIpc) is 2.55. The Hall–Kier alpha value is -2.60. The number of allylic oxidation sites excluding steroid dienone is 1. The molecule has 126 valence electrons. The lowest BCUT2D eigenvalue weighted by molar-refractivity contribution is 0.584. The van der Waals surface area contributed by atoms with Crippen LogP contribution < -0.4 is 9.73 Å². The van der Waals surface area contributed by atoms with E-state index in [1.54, 1.807) is 30.3 Å². The van der Waals surface area contributed by atoms with E-state index in [1.807, 2.05) is 56.3 Å². The van der Waals surface area contributed by atoms with Crippen LogP contribution in [0.4, 0.5) is 5.69 Å². The predicted octanol–water partition coefficient (Wildman–Crippen LogP) is 3.04. The summed E-state index contributed by atoms with van der Waals surface area (Å²) in [6.45, 7) is 1.90. The monoisotopic (exact) mass is 343 g/mol. The zero-order valence-corrected chi connectivity index (χ0v) is 14.8. The van der Waals surface area contributed by atoms with Gasteiger partial charge in [-0.3, -0.25) is 0 Å².